The van der Waals surface area contributed by atoms with Crippen LogP contribution in [0.15, 0.2) is 30.3 Å². The Labute approximate surface area is 126 Å². The number of nitrogens with one attached hydrogen (secondary N) is 1. The van der Waals surface area contributed by atoms with Crippen LogP contribution in [0.4, 0.5) is 5.69 Å². The van der Waals surface area contributed by atoms with Crippen molar-refractivity contribution in [2.24, 2.45) is 0 Å². The van der Waals surface area contributed by atoms with Crippen LogP contribution in [0.1, 0.15) is 39.0 Å². The highest BCUT2D eigenvalue weighted by molar-refractivity contribution is 5.92. The molecule has 1 aromatic rings. The van der Waals surface area contributed by atoms with E-state index in [1.165, 1.54) is 6.42 Å². The Morgan fingerprint density at radius 2 is 1.95 bits per heavy atom. The largest absolute Gasteiger partial charge is 0.325 e. The summed E-state index contributed by atoms with van der Waals surface area (Å²) in [5.41, 5.74) is 0.820. The second-order valence-electron chi connectivity index (χ2n) is 5.79. The van der Waals surface area contributed by atoms with Crippen LogP contribution in [0.25, 0.3) is 0 Å². The maximum atomic E-state index is 12.2. The first kappa shape index (κ1) is 15.7. The van der Waals surface area contributed by atoms with Crippen molar-refractivity contribution in [3.63, 3.8) is 0 Å². The molecule has 1 atom stereocenters. The van der Waals surface area contributed by atoms with Gasteiger partial charge in [0.1, 0.15) is 5.78 Å². The van der Waals surface area contributed by atoms with Crippen molar-refractivity contribution in [2.75, 3.05) is 18.4 Å². The number of hydrogen-bond acceptors (Lipinski definition) is 3. The molecule has 114 valence electrons. The van der Waals surface area contributed by atoms with Crippen molar-refractivity contribution in [3.8, 4) is 0 Å². The van der Waals surface area contributed by atoms with Gasteiger partial charge in [0.2, 0.25) is 5.91 Å². The van der Waals surface area contributed by atoms with E-state index in [0.717, 1.165) is 31.5 Å². The Kier molecular flexibility index (Phi) is 5.93. The molecule has 1 aliphatic rings. The van der Waals surface area contributed by atoms with Gasteiger partial charge in [0.25, 0.3) is 0 Å². The van der Waals surface area contributed by atoms with Crippen molar-refractivity contribution in [2.45, 2.75) is 45.1 Å². The van der Waals surface area contributed by atoms with Crippen LogP contribution in [0.5, 0.6) is 0 Å². The topological polar surface area (TPSA) is 49.4 Å². The molecule has 0 spiro atoms. The molecule has 1 amide bonds. The Bertz CT molecular complexity index is 473. The van der Waals surface area contributed by atoms with Crippen LogP contribution in [0, 0.1) is 0 Å². The van der Waals surface area contributed by atoms with Crippen molar-refractivity contribution < 1.29 is 9.59 Å². The molecule has 21 heavy (non-hydrogen) atoms. The third-order valence-corrected chi connectivity index (χ3v) is 3.93. The summed E-state index contributed by atoms with van der Waals surface area (Å²) in [4.78, 5) is 25.8. The summed E-state index contributed by atoms with van der Waals surface area (Å²) in [6, 6.07) is 9.71. The lowest BCUT2D eigenvalue weighted by molar-refractivity contribution is -0.121. The molecule has 1 aliphatic heterocycles. The Balaban J connectivity index is 1.93. The normalized spacial score (nSPS) is 19.8. The van der Waals surface area contributed by atoms with Crippen molar-refractivity contribution in [1.29, 1.82) is 0 Å². The van der Waals surface area contributed by atoms with Gasteiger partial charge in [-0.1, -0.05) is 31.0 Å². The number of nitrogens with zero attached hydrogens (tertiary/aromatic N) is 1. The molecule has 1 aromatic carbocycles. The van der Waals surface area contributed by atoms with Crippen molar-refractivity contribution in [3.05, 3.63) is 30.3 Å². The molecule has 1 fully saturated rings. The first-order valence-electron chi connectivity index (χ1n) is 7.73. The zero-order valence-corrected chi connectivity index (χ0v) is 12.7. The zero-order valence-electron chi connectivity index (χ0n) is 12.7. The molecule has 2 rings (SSSR count). The van der Waals surface area contributed by atoms with Gasteiger partial charge in [-0.3, -0.25) is 14.5 Å². The molecule has 4 heteroatoms. The van der Waals surface area contributed by atoms with Gasteiger partial charge < -0.3 is 5.32 Å². The van der Waals surface area contributed by atoms with Crippen molar-refractivity contribution in [1.82, 2.24) is 4.90 Å². The third-order valence-electron chi connectivity index (χ3n) is 3.93. The maximum absolute atomic E-state index is 12.2. The van der Waals surface area contributed by atoms with Crippen LogP contribution in [0.3, 0.4) is 0 Å². The van der Waals surface area contributed by atoms with E-state index < -0.39 is 0 Å². The molecule has 1 heterocycles. The van der Waals surface area contributed by atoms with Gasteiger partial charge in [0, 0.05) is 18.2 Å². The minimum absolute atomic E-state index is 0.00310. The summed E-state index contributed by atoms with van der Waals surface area (Å²) in [6.07, 6.45) is 5.00. The predicted molar refractivity (Wildman–Crippen MR) is 84.2 cm³/mol. The highest BCUT2D eigenvalue weighted by atomic mass is 16.2. The van der Waals surface area contributed by atoms with E-state index in [-0.39, 0.29) is 17.7 Å². The molecule has 1 saturated heterocycles. The van der Waals surface area contributed by atoms with E-state index in [4.69, 9.17) is 0 Å². The third kappa shape index (κ3) is 5.31. The minimum atomic E-state index is -0.00310. The maximum Gasteiger partial charge on any atom is 0.238 e. The summed E-state index contributed by atoms with van der Waals surface area (Å²) in [5, 5.41) is 2.92. The molecule has 0 saturated carbocycles. The second kappa shape index (κ2) is 7.93. The highest BCUT2D eigenvalue weighted by Gasteiger charge is 2.24. The fraction of sp³-hybridized carbons (Fsp3) is 0.529. The van der Waals surface area contributed by atoms with Gasteiger partial charge >= 0.3 is 0 Å². The lowest BCUT2D eigenvalue weighted by Crippen LogP contribution is -2.41. The number of likely N-dealkylation sites (tertiary alicyclic amines) is 1. The van der Waals surface area contributed by atoms with Crippen molar-refractivity contribution >= 4 is 17.4 Å². The van der Waals surface area contributed by atoms with E-state index in [2.05, 4.69) is 10.2 Å². The highest BCUT2D eigenvalue weighted by Crippen LogP contribution is 2.19. The van der Waals surface area contributed by atoms with Crippen LogP contribution in [0.2, 0.25) is 0 Å². The Morgan fingerprint density at radius 1 is 1.19 bits per heavy atom. The lowest BCUT2D eigenvalue weighted by Gasteiger charge is -2.28. The Hall–Kier alpha value is -1.68. The van der Waals surface area contributed by atoms with E-state index in [1.54, 1.807) is 6.92 Å². The molecule has 0 aliphatic carbocycles. The first-order valence-corrected chi connectivity index (χ1v) is 7.73. The summed E-state index contributed by atoms with van der Waals surface area (Å²) in [5.74, 6) is 0.201. The summed E-state index contributed by atoms with van der Waals surface area (Å²) < 4.78 is 0. The van der Waals surface area contributed by atoms with Crippen LogP contribution >= 0.6 is 0 Å². The quantitative estimate of drug-likeness (QED) is 0.906. The fourth-order valence-electron chi connectivity index (χ4n) is 2.91. The number of Topliss-reactive ketones (excluding diaryl/α,β-unsaturated/α-hetero) is 1. The number of amides is 1. The van der Waals surface area contributed by atoms with Gasteiger partial charge in [0.15, 0.2) is 0 Å². The predicted octanol–water partition coefficient (Wildman–Crippen LogP) is 2.85. The molecule has 1 N–H and O–H groups in total. The fourth-order valence-corrected chi connectivity index (χ4v) is 2.91. The Morgan fingerprint density at radius 3 is 2.67 bits per heavy atom. The first-order chi connectivity index (χ1) is 10.1. The summed E-state index contributed by atoms with van der Waals surface area (Å²) in [7, 11) is 0. The number of benzene rings is 1. The minimum Gasteiger partial charge on any atom is -0.325 e. The number of rotatable bonds is 5. The molecular formula is C17H24N2O2. The number of para-hydroxylation sites is 1. The second-order valence-corrected chi connectivity index (χ2v) is 5.79. The number of ketones is 1. The van der Waals surface area contributed by atoms with E-state index >= 15 is 0 Å². The molecule has 0 aromatic heterocycles. The summed E-state index contributed by atoms with van der Waals surface area (Å²) >= 11 is 0. The molecule has 0 radical (unpaired) electrons. The number of carbonyl (C=O) groups is 2. The molecular weight excluding hydrogens is 264 g/mol. The van der Waals surface area contributed by atoms with Gasteiger partial charge in [0.05, 0.1) is 6.54 Å². The van der Waals surface area contributed by atoms with Gasteiger partial charge in [-0.05, 0) is 38.4 Å². The van der Waals surface area contributed by atoms with E-state index in [0.29, 0.717) is 13.0 Å². The van der Waals surface area contributed by atoms with Gasteiger partial charge in [-0.2, -0.15) is 0 Å². The van der Waals surface area contributed by atoms with Crippen LogP contribution < -0.4 is 5.32 Å². The lowest BCUT2D eigenvalue weighted by atomic mass is 10.0. The smallest absolute Gasteiger partial charge is 0.238 e. The SMILES string of the molecule is CC(=O)CC1CCCCCN1CC(=O)Nc1ccccc1. The van der Waals surface area contributed by atoms with E-state index in [9.17, 15) is 9.59 Å². The molecule has 0 bridgehead atoms. The van der Waals surface area contributed by atoms with Gasteiger partial charge in [-0.15, -0.1) is 0 Å². The van der Waals surface area contributed by atoms with E-state index in [1.807, 2.05) is 30.3 Å². The standard InChI is InChI=1S/C17H24N2O2/c1-14(20)12-16-10-6-3-7-11-19(16)13-17(21)18-15-8-4-2-5-9-15/h2,4-5,8-9,16H,3,6-7,10-13H2,1H3,(H,18,21). The average Bonchev–Trinajstić information content (AvgIpc) is 2.65. The zero-order chi connectivity index (χ0) is 15.1. The van der Waals surface area contributed by atoms with Crippen LogP contribution in [-0.4, -0.2) is 35.7 Å². The number of carbonyl (C=O) groups excluding carboxylic acids is 2. The number of hydrogen-bond donors (Lipinski definition) is 1. The molecule has 1 unspecified atom stereocenters. The molecule has 4 nitrogen and oxygen atoms in total. The summed E-state index contributed by atoms with van der Waals surface area (Å²) in [6.45, 7) is 2.90. The monoisotopic (exact) mass is 288 g/mol. The van der Waals surface area contributed by atoms with Crippen LogP contribution in [-0.2, 0) is 9.59 Å². The number of anilines is 1. The average molecular weight is 288 g/mol. The van der Waals surface area contributed by atoms with Gasteiger partial charge in [-0.25, -0.2) is 0 Å².